The van der Waals surface area contributed by atoms with E-state index in [4.69, 9.17) is 0 Å². The zero-order chi connectivity index (χ0) is 11.5. The molecule has 3 heteroatoms. The van der Waals surface area contributed by atoms with Crippen molar-refractivity contribution >= 4 is 22.2 Å². The van der Waals surface area contributed by atoms with Crippen LogP contribution in [0.25, 0.3) is 11.1 Å². The van der Waals surface area contributed by atoms with E-state index < -0.39 is 0 Å². The predicted octanol–water partition coefficient (Wildman–Crippen LogP) is 4.07. The van der Waals surface area contributed by atoms with Gasteiger partial charge in [0.15, 0.2) is 6.29 Å². The molecule has 0 atom stereocenters. The van der Waals surface area contributed by atoms with Gasteiger partial charge in [-0.15, -0.1) is 0 Å². The number of rotatable bonds is 2. The van der Waals surface area contributed by atoms with Gasteiger partial charge in [-0.3, -0.25) is 4.79 Å². The molecule has 80 valence electrons. The second-order valence-electron chi connectivity index (χ2n) is 3.36. The summed E-state index contributed by atoms with van der Waals surface area (Å²) in [5.41, 5.74) is 2.36. The van der Waals surface area contributed by atoms with Crippen molar-refractivity contribution in [3.8, 4) is 11.1 Å². The number of benzene rings is 2. The average Bonchev–Trinajstić information content (AvgIpc) is 2.31. The van der Waals surface area contributed by atoms with Crippen LogP contribution < -0.4 is 0 Å². The minimum absolute atomic E-state index is 0.267. The quantitative estimate of drug-likeness (QED) is 0.757. The lowest BCUT2D eigenvalue weighted by molar-refractivity contribution is 0.112. The zero-order valence-corrected chi connectivity index (χ0v) is 9.87. The van der Waals surface area contributed by atoms with Gasteiger partial charge in [-0.1, -0.05) is 34.1 Å². The molecule has 0 aliphatic rings. The van der Waals surface area contributed by atoms with E-state index in [1.165, 1.54) is 12.1 Å². The summed E-state index contributed by atoms with van der Waals surface area (Å²) in [6, 6.07) is 11.6. The Morgan fingerprint density at radius 1 is 1.00 bits per heavy atom. The molecule has 2 aromatic carbocycles. The van der Waals surface area contributed by atoms with Gasteiger partial charge < -0.3 is 0 Å². The standard InChI is InChI=1S/C13H8BrFO/c14-13-6-3-10(7-11(13)8-16)9-1-4-12(15)5-2-9/h1-8H. The fourth-order valence-electron chi connectivity index (χ4n) is 1.46. The van der Waals surface area contributed by atoms with Crippen molar-refractivity contribution < 1.29 is 9.18 Å². The first kappa shape index (κ1) is 11.0. The van der Waals surface area contributed by atoms with Crippen molar-refractivity contribution in [1.82, 2.24) is 0 Å². The third kappa shape index (κ3) is 2.19. The maximum absolute atomic E-state index is 12.7. The van der Waals surface area contributed by atoms with E-state index in [0.717, 1.165) is 21.9 Å². The van der Waals surface area contributed by atoms with E-state index in [1.807, 2.05) is 12.1 Å². The molecule has 0 fully saturated rings. The minimum atomic E-state index is -0.267. The highest BCUT2D eigenvalue weighted by atomic mass is 79.9. The van der Waals surface area contributed by atoms with Crippen LogP contribution in [-0.2, 0) is 0 Å². The molecule has 1 nitrogen and oxygen atoms in total. The molecular weight excluding hydrogens is 271 g/mol. The summed E-state index contributed by atoms with van der Waals surface area (Å²) in [6.45, 7) is 0. The van der Waals surface area contributed by atoms with Gasteiger partial charge >= 0.3 is 0 Å². The first-order valence-electron chi connectivity index (χ1n) is 4.71. The Morgan fingerprint density at radius 2 is 1.62 bits per heavy atom. The highest BCUT2D eigenvalue weighted by Crippen LogP contribution is 2.24. The molecular formula is C13H8BrFO. The molecule has 0 N–H and O–H groups in total. The van der Waals surface area contributed by atoms with Crippen LogP contribution in [0, 0.1) is 5.82 Å². The molecule has 0 aliphatic carbocycles. The van der Waals surface area contributed by atoms with Gasteiger partial charge in [-0.05, 0) is 35.4 Å². The van der Waals surface area contributed by atoms with E-state index in [9.17, 15) is 9.18 Å². The van der Waals surface area contributed by atoms with Crippen molar-refractivity contribution in [2.45, 2.75) is 0 Å². The Bertz CT molecular complexity index is 520. The van der Waals surface area contributed by atoms with Crippen molar-refractivity contribution in [1.29, 1.82) is 0 Å². The highest BCUT2D eigenvalue weighted by molar-refractivity contribution is 9.10. The van der Waals surface area contributed by atoms with Crippen molar-refractivity contribution in [2.75, 3.05) is 0 Å². The van der Waals surface area contributed by atoms with Crippen LogP contribution in [0.3, 0.4) is 0 Å². The summed E-state index contributed by atoms with van der Waals surface area (Å²) in [5, 5.41) is 0. The SMILES string of the molecule is O=Cc1cc(-c2ccc(F)cc2)ccc1Br. The van der Waals surface area contributed by atoms with Crippen LogP contribution >= 0.6 is 15.9 Å². The van der Waals surface area contributed by atoms with Gasteiger partial charge in [0.1, 0.15) is 5.82 Å². The van der Waals surface area contributed by atoms with Crippen LogP contribution in [0.5, 0.6) is 0 Å². The third-order valence-corrected chi connectivity index (χ3v) is 3.02. The largest absolute Gasteiger partial charge is 0.298 e. The molecule has 0 radical (unpaired) electrons. The van der Waals surface area contributed by atoms with Crippen LogP contribution in [-0.4, -0.2) is 6.29 Å². The van der Waals surface area contributed by atoms with E-state index >= 15 is 0 Å². The summed E-state index contributed by atoms with van der Waals surface area (Å²) in [4.78, 5) is 10.8. The lowest BCUT2D eigenvalue weighted by atomic mass is 10.0. The number of aldehydes is 1. The number of hydrogen-bond acceptors (Lipinski definition) is 1. The maximum Gasteiger partial charge on any atom is 0.151 e. The lowest BCUT2D eigenvalue weighted by Gasteiger charge is -2.03. The molecule has 0 heterocycles. The fourth-order valence-corrected chi connectivity index (χ4v) is 1.80. The molecule has 16 heavy (non-hydrogen) atoms. The van der Waals surface area contributed by atoms with Crippen LogP contribution in [0.2, 0.25) is 0 Å². The molecule has 0 aromatic heterocycles. The Balaban J connectivity index is 2.48. The van der Waals surface area contributed by atoms with Gasteiger partial charge in [0, 0.05) is 10.0 Å². The van der Waals surface area contributed by atoms with Gasteiger partial charge in [-0.25, -0.2) is 4.39 Å². The molecule has 0 saturated carbocycles. The van der Waals surface area contributed by atoms with Crippen molar-refractivity contribution in [3.63, 3.8) is 0 Å². The Labute approximate surface area is 101 Å². The number of halogens is 2. The predicted molar refractivity (Wildman–Crippen MR) is 64.9 cm³/mol. The van der Waals surface area contributed by atoms with Crippen LogP contribution in [0.15, 0.2) is 46.9 Å². The number of carbonyl (C=O) groups is 1. The van der Waals surface area contributed by atoms with Gasteiger partial charge in [0.25, 0.3) is 0 Å². The minimum Gasteiger partial charge on any atom is -0.298 e. The number of hydrogen-bond donors (Lipinski definition) is 0. The molecule has 2 rings (SSSR count). The van der Waals surface area contributed by atoms with Gasteiger partial charge in [0.2, 0.25) is 0 Å². The monoisotopic (exact) mass is 278 g/mol. The normalized spacial score (nSPS) is 10.1. The second-order valence-corrected chi connectivity index (χ2v) is 4.22. The Kier molecular flexibility index (Phi) is 3.15. The summed E-state index contributed by atoms with van der Waals surface area (Å²) < 4.78 is 13.5. The average molecular weight is 279 g/mol. The number of carbonyl (C=O) groups excluding carboxylic acids is 1. The second kappa shape index (κ2) is 4.58. The van der Waals surface area contributed by atoms with Gasteiger partial charge in [-0.2, -0.15) is 0 Å². The van der Waals surface area contributed by atoms with Crippen molar-refractivity contribution in [3.05, 3.63) is 58.3 Å². The third-order valence-electron chi connectivity index (χ3n) is 2.30. The highest BCUT2D eigenvalue weighted by Gasteiger charge is 2.02. The molecule has 0 bridgehead atoms. The first-order chi connectivity index (χ1) is 7.70. The molecule has 0 aliphatic heterocycles. The lowest BCUT2D eigenvalue weighted by Crippen LogP contribution is -1.85. The maximum atomic E-state index is 12.7. The Hall–Kier alpha value is -1.48. The Morgan fingerprint density at radius 3 is 2.25 bits per heavy atom. The summed E-state index contributed by atoms with van der Waals surface area (Å²) in [6.07, 6.45) is 0.789. The topological polar surface area (TPSA) is 17.1 Å². The molecule has 0 amide bonds. The van der Waals surface area contributed by atoms with Crippen molar-refractivity contribution in [2.24, 2.45) is 0 Å². The van der Waals surface area contributed by atoms with Crippen LogP contribution in [0.1, 0.15) is 10.4 Å². The van der Waals surface area contributed by atoms with E-state index in [1.54, 1.807) is 18.2 Å². The summed E-state index contributed by atoms with van der Waals surface area (Å²) >= 11 is 3.28. The molecule has 0 unspecified atom stereocenters. The van der Waals surface area contributed by atoms with E-state index in [-0.39, 0.29) is 5.82 Å². The first-order valence-corrected chi connectivity index (χ1v) is 5.50. The molecule has 0 saturated heterocycles. The van der Waals surface area contributed by atoms with E-state index in [0.29, 0.717) is 5.56 Å². The van der Waals surface area contributed by atoms with E-state index in [2.05, 4.69) is 15.9 Å². The zero-order valence-electron chi connectivity index (χ0n) is 8.28. The summed E-state index contributed by atoms with van der Waals surface area (Å²) in [7, 11) is 0. The van der Waals surface area contributed by atoms with Gasteiger partial charge in [0.05, 0.1) is 0 Å². The van der Waals surface area contributed by atoms with Crippen LogP contribution in [0.4, 0.5) is 4.39 Å². The molecule has 0 spiro atoms. The fraction of sp³-hybridized carbons (Fsp3) is 0. The summed E-state index contributed by atoms with van der Waals surface area (Å²) in [5.74, 6) is -0.267. The molecule has 2 aromatic rings. The smallest absolute Gasteiger partial charge is 0.151 e.